The van der Waals surface area contributed by atoms with E-state index < -0.39 is 0 Å². The maximum Gasteiger partial charge on any atom is 0.0685 e. The van der Waals surface area contributed by atoms with Crippen molar-refractivity contribution in [1.82, 2.24) is 10.2 Å². The zero-order valence-corrected chi connectivity index (χ0v) is 9.51. The van der Waals surface area contributed by atoms with Gasteiger partial charge in [-0.2, -0.15) is 5.10 Å². The highest BCUT2D eigenvalue weighted by molar-refractivity contribution is 5.84. The van der Waals surface area contributed by atoms with Crippen LogP contribution in [0.4, 0.5) is 0 Å². The van der Waals surface area contributed by atoms with Crippen molar-refractivity contribution in [3.05, 3.63) is 29.5 Å². The number of rotatable bonds is 4. The van der Waals surface area contributed by atoms with E-state index in [2.05, 4.69) is 36.2 Å². The number of nitrogens with zero attached hydrogens (tertiary/aromatic N) is 1. The molecule has 1 aromatic carbocycles. The third kappa shape index (κ3) is 1.89. The van der Waals surface area contributed by atoms with Crippen molar-refractivity contribution in [2.45, 2.75) is 39.5 Å². The lowest BCUT2D eigenvalue weighted by molar-refractivity contribution is 0.914. The van der Waals surface area contributed by atoms with Crippen LogP contribution in [-0.4, -0.2) is 10.2 Å². The molecule has 2 nitrogen and oxygen atoms in total. The number of aryl methyl sites for hydroxylation is 2. The smallest absolute Gasteiger partial charge is 0.0685 e. The average Bonchev–Trinajstić information content (AvgIpc) is 2.71. The SMILES string of the molecule is CCCc1ccc(CCC)c2[nH]ncc12. The van der Waals surface area contributed by atoms with Crippen LogP contribution in [0.5, 0.6) is 0 Å². The molecule has 2 aromatic rings. The second-order valence-electron chi connectivity index (χ2n) is 4.04. The van der Waals surface area contributed by atoms with Crippen LogP contribution in [0.3, 0.4) is 0 Å². The first kappa shape index (κ1) is 10.2. The fourth-order valence-electron chi connectivity index (χ4n) is 2.11. The zero-order chi connectivity index (χ0) is 10.7. The van der Waals surface area contributed by atoms with Crippen molar-refractivity contribution in [3.63, 3.8) is 0 Å². The van der Waals surface area contributed by atoms with Crippen molar-refractivity contribution in [2.24, 2.45) is 0 Å². The Morgan fingerprint density at radius 2 is 1.73 bits per heavy atom. The van der Waals surface area contributed by atoms with Crippen LogP contribution >= 0.6 is 0 Å². The predicted octanol–water partition coefficient (Wildman–Crippen LogP) is 3.47. The van der Waals surface area contributed by atoms with E-state index in [9.17, 15) is 0 Å². The van der Waals surface area contributed by atoms with Crippen LogP contribution < -0.4 is 0 Å². The van der Waals surface area contributed by atoms with E-state index in [1.54, 1.807) is 0 Å². The quantitative estimate of drug-likeness (QED) is 0.808. The van der Waals surface area contributed by atoms with Gasteiger partial charge < -0.3 is 0 Å². The third-order valence-corrected chi connectivity index (χ3v) is 2.83. The molecule has 0 aliphatic rings. The van der Waals surface area contributed by atoms with Gasteiger partial charge in [0.25, 0.3) is 0 Å². The highest BCUT2D eigenvalue weighted by Gasteiger charge is 2.06. The molecule has 0 unspecified atom stereocenters. The first-order valence-electron chi connectivity index (χ1n) is 5.80. The number of hydrogen-bond acceptors (Lipinski definition) is 1. The zero-order valence-electron chi connectivity index (χ0n) is 9.51. The summed E-state index contributed by atoms with van der Waals surface area (Å²) in [6, 6.07) is 4.50. The molecule has 2 rings (SSSR count). The number of aromatic nitrogens is 2. The van der Waals surface area contributed by atoms with Crippen LogP contribution in [0, 0.1) is 0 Å². The first-order chi connectivity index (χ1) is 7.36. The molecule has 1 heterocycles. The number of fused-ring (bicyclic) bond motifs is 1. The Morgan fingerprint density at radius 1 is 1.07 bits per heavy atom. The molecule has 80 valence electrons. The van der Waals surface area contributed by atoms with Gasteiger partial charge in [-0.05, 0) is 24.0 Å². The molecule has 0 aliphatic heterocycles. The van der Waals surface area contributed by atoms with Gasteiger partial charge in [-0.25, -0.2) is 0 Å². The summed E-state index contributed by atoms with van der Waals surface area (Å²) in [6.07, 6.45) is 6.60. The van der Waals surface area contributed by atoms with E-state index >= 15 is 0 Å². The molecule has 0 spiro atoms. The Bertz CT molecular complexity index is 403. The molecule has 1 aromatic heterocycles. The van der Waals surface area contributed by atoms with E-state index in [4.69, 9.17) is 0 Å². The van der Waals surface area contributed by atoms with Gasteiger partial charge in [0.15, 0.2) is 0 Å². The maximum atomic E-state index is 4.16. The number of aromatic amines is 1. The van der Waals surface area contributed by atoms with Gasteiger partial charge in [0.05, 0.1) is 11.7 Å². The molecular formula is C13H18N2. The van der Waals surface area contributed by atoms with Gasteiger partial charge in [-0.3, -0.25) is 5.10 Å². The van der Waals surface area contributed by atoms with Crippen molar-refractivity contribution in [2.75, 3.05) is 0 Å². The summed E-state index contributed by atoms with van der Waals surface area (Å²) in [7, 11) is 0. The Morgan fingerprint density at radius 3 is 2.47 bits per heavy atom. The summed E-state index contributed by atoms with van der Waals surface area (Å²) in [5.41, 5.74) is 4.05. The molecule has 0 saturated carbocycles. The normalized spacial score (nSPS) is 11.1. The van der Waals surface area contributed by atoms with E-state index in [1.165, 1.54) is 34.9 Å². The minimum Gasteiger partial charge on any atom is -0.278 e. The Balaban J connectivity index is 2.50. The summed E-state index contributed by atoms with van der Waals surface area (Å²) in [5.74, 6) is 0. The number of nitrogens with one attached hydrogen (secondary N) is 1. The molecule has 0 radical (unpaired) electrons. The number of benzene rings is 1. The van der Waals surface area contributed by atoms with Gasteiger partial charge in [-0.1, -0.05) is 38.8 Å². The van der Waals surface area contributed by atoms with Crippen LogP contribution in [0.2, 0.25) is 0 Å². The molecule has 0 saturated heterocycles. The predicted molar refractivity (Wildman–Crippen MR) is 64.1 cm³/mol. The van der Waals surface area contributed by atoms with Crippen LogP contribution in [0.1, 0.15) is 37.8 Å². The van der Waals surface area contributed by atoms with E-state index in [0.29, 0.717) is 0 Å². The standard InChI is InChI=1S/C13H18N2/c1-3-5-10-7-8-11(6-4-2)13-12(10)9-14-15-13/h7-9H,3-6H2,1-2H3,(H,14,15). The van der Waals surface area contributed by atoms with Crippen LogP contribution in [0.15, 0.2) is 18.3 Å². The number of hydrogen-bond donors (Lipinski definition) is 1. The van der Waals surface area contributed by atoms with E-state index in [1.807, 2.05) is 6.20 Å². The Labute approximate surface area is 90.7 Å². The lowest BCUT2D eigenvalue weighted by Gasteiger charge is -2.05. The fraction of sp³-hybridized carbons (Fsp3) is 0.462. The largest absolute Gasteiger partial charge is 0.278 e. The fourth-order valence-corrected chi connectivity index (χ4v) is 2.11. The number of H-pyrrole nitrogens is 1. The molecule has 0 amide bonds. The molecule has 0 aliphatic carbocycles. The Hall–Kier alpha value is -1.31. The molecule has 2 heteroatoms. The lowest BCUT2D eigenvalue weighted by atomic mass is 10.0. The molecule has 0 fully saturated rings. The highest BCUT2D eigenvalue weighted by Crippen LogP contribution is 2.22. The minimum absolute atomic E-state index is 1.13. The van der Waals surface area contributed by atoms with E-state index in [-0.39, 0.29) is 0 Å². The van der Waals surface area contributed by atoms with Crippen LogP contribution in [0.25, 0.3) is 10.9 Å². The van der Waals surface area contributed by atoms with Crippen molar-refractivity contribution >= 4 is 10.9 Å². The second-order valence-corrected chi connectivity index (χ2v) is 4.04. The topological polar surface area (TPSA) is 28.7 Å². The molecule has 0 bridgehead atoms. The molecular weight excluding hydrogens is 184 g/mol. The summed E-state index contributed by atoms with van der Waals surface area (Å²) < 4.78 is 0. The summed E-state index contributed by atoms with van der Waals surface area (Å²) in [5, 5.41) is 8.59. The Kier molecular flexibility index (Phi) is 3.05. The minimum atomic E-state index is 1.13. The average molecular weight is 202 g/mol. The van der Waals surface area contributed by atoms with Crippen molar-refractivity contribution in [3.8, 4) is 0 Å². The van der Waals surface area contributed by atoms with Gasteiger partial charge in [0.1, 0.15) is 0 Å². The monoisotopic (exact) mass is 202 g/mol. The van der Waals surface area contributed by atoms with Gasteiger partial charge in [0.2, 0.25) is 0 Å². The van der Waals surface area contributed by atoms with Gasteiger partial charge >= 0.3 is 0 Å². The van der Waals surface area contributed by atoms with Gasteiger partial charge in [-0.15, -0.1) is 0 Å². The molecule has 0 atom stereocenters. The lowest BCUT2D eigenvalue weighted by Crippen LogP contribution is -1.90. The second kappa shape index (κ2) is 4.47. The first-order valence-corrected chi connectivity index (χ1v) is 5.80. The highest BCUT2D eigenvalue weighted by atomic mass is 15.1. The van der Waals surface area contributed by atoms with Crippen LogP contribution in [-0.2, 0) is 12.8 Å². The van der Waals surface area contributed by atoms with Gasteiger partial charge in [0, 0.05) is 5.39 Å². The van der Waals surface area contributed by atoms with E-state index in [0.717, 1.165) is 12.8 Å². The third-order valence-electron chi connectivity index (χ3n) is 2.83. The summed E-state index contributed by atoms with van der Waals surface area (Å²) in [4.78, 5) is 0. The van der Waals surface area contributed by atoms with Crippen molar-refractivity contribution < 1.29 is 0 Å². The molecule has 1 N–H and O–H groups in total. The molecule has 15 heavy (non-hydrogen) atoms. The summed E-state index contributed by atoms with van der Waals surface area (Å²) >= 11 is 0. The maximum absolute atomic E-state index is 4.16. The van der Waals surface area contributed by atoms with Crippen molar-refractivity contribution in [1.29, 1.82) is 0 Å². The summed E-state index contributed by atoms with van der Waals surface area (Å²) in [6.45, 7) is 4.42.